The summed E-state index contributed by atoms with van der Waals surface area (Å²) >= 11 is 0. The Morgan fingerprint density at radius 1 is 0.553 bits per heavy atom. The highest BCUT2D eigenvalue weighted by Gasteiger charge is 2.14. The summed E-state index contributed by atoms with van der Waals surface area (Å²) in [5.41, 5.74) is 0. The molecule has 0 saturated heterocycles. The number of ether oxygens (including phenoxy) is 1. The zero-order chi connectivity index (χ0) is 27.9. The Labute approximate surface area is 239 Å². The van der Waals surface area contributed by atoms with Gasteiger partial charge in [0.2, 0.25) is 0 Å². The second-order valence-corrected chi connectivity index (χ2v) is 11.7. The predicted molar refractivity (Wildman–Crippen MR) is 166 cm³/mol. The van der Waals surface area contributed by atoms with Gasteiger partial charge in [-0.1, -0.05) is 117 Å². The molecule has 0 unspecified atom stereocenters. The third-order valence-electron chi connectivity index (χ3n) is 7.87. The molecule has 0 aromatic heterocycles. The molecule has 38 heavy (non-hydrogen) atoms. The van der Waals surface area contributed by atoms with Crippen LogP contribution in [-0.2, 0) is 9.53 Å². The molecule has 1 N–H and O–H groups in total. The van der Waals surface area contributed by atoms with Gasteiger partial charge in [-0.2, -0.15) is 0 Å². The van der Waals surface area contributed by atoms with Gasteiger partial charge in [-0.05, 0) is 77.4 Å². The highest BCUT2D eigenvalue weighted by molar-refractivity contribution is 5.69. The highest BCUT2D eigenvalue weighted by Crippen LogP contribution is 2.18. The van der Waals surface area contributed by atoms with E-state index in [4.69, 9.17) is 9.84 Å². The van der Waals surface area contributed by atoms with Gasteiger partial charge >= 0.3 is 5.97 Å². The van der Waals surface area contributed by atoms with Crippen molar-refractivity contribution in [3.63, 3.8) is 0 Å². The quantitative estimate of drug-likeness (QED) is 0.0703. The summed E-state index contributed by atoms with van der Waals surface area (Å²) < 4.78 is 6.00. The van der Waals surface area contributed by atoms with Gasteiger partial charge in [-0.3, -0.25) is 4.79 Å². The molecular weight excluding hydrogens is 470 g/mol. The average Bonchev–Trinajstić information content (AvgIpc) is 2.91. The molecule has 0 atom stereocenters. The SMILES string of the molecule is CCCCCCCCC(CCCCCCCC)OC(=O)CCCCCCN(CCCCO)CCCCCC. The first-order chi connectivity index (χ1) is 18.7. The number of carbonyl (C=O) groups is 1. The minimum atomic E-state index is 0.0357. The number of nitrogens with zero attached hydrogens (tertiary/aromatic N) is 1. The zero-order valence-corrected chi connectivity index (χ0v) is 26.3. The van der Waals surface area contributed by atoms with Gasteiger partial charge in [-0.15, -0.1) is 0 Å². The third kappa shape index (κ3) is 27.0. The van der Waals surface area contributed by atoms with E-state index in [2.05, 4.69) is 25.7 Å². The lowest BCUT2D eigenvalue weighted by atomic mass is 10.0. The van der Waals surface area contributed by atoms with Crippen molar-refractivity contribution in [2.45, 2.75) is 187 Å². The fourth-order valence-electron chi connectivity index (χ4n) is 5.31. The highest BCUT2D eigenvalue weighted by atomic mass is 16.5. The summed E-state index contributed by atoms with van der Waals surface area (Å²) in [4.78, 5) is 15.2. The summed E-state index contributed by atoms with van der Waals surface area (Å²) in [5.74, 6) is 0.0357. The molecule has 0 aliphatic rings. The Bertz CT molecular complexity index is 455. The molecule has 0 amide bonds. The van der Waals surface area contributed by atoms with E-state index in [-0.39, 0.29) is 12.1 Å². The van der Waals surface area contributed by atoms with Crippen molar-refractivity contribution in [3.05, 3.63) is 0 Å². The standard InChI is InChI=1S/C34H69NO3/c1-4-7-10-13-15-19-26-33(27-20-16-14-11-8-5-2)38-34(37)28-21-17-18-23-30-35(31-24-25-32-36)29-22-12-9-6-3/h33,36H,4-32H2,1-3H3. The van der Waals surface area contributed by atoms with Crippen LogP contribution in [0.4, 0.5) is 0 Å². The Hall–Kier alpha value is -0.610. The lowest BCUT2D eigenvalue weighted by Crippen LogP contribution is -2.27. The largest absolute Gasteiger partial charge is 0.462 e. The molecule has 0 aromatic carbocycles. The first-order valence-electron chi connectivity index (χ1n) is 17.2. The summed E-state index contributed by atoms with van der Waals surface area (Å²) in [6, 6.07) is 0. The molecule has 0 aliphatic carbocycles. The van der Waals surface area contributed by atoms with E-state index in [1.54, 1.807) is 0 Å². The minimum absolute atomic E-state index is 0.0357. The third-order valence-corrected chi connectivity index (χ3v) is 7.87. The molecule has 4 heteroatoms. The van der Waals surface area contributed by atoms with Gasteiger partial charge in [0.05, 0.1) is 0 Å². The minimum Gasteiger partial charge on any atom is -0.462 e. The van der Waals surface area contributed by atoms with E-state index in [0.717, 1.165) is 51.6 Å². The fourth-order valence-corrected chi connectivity index (χ4v) is 5.31. The molecular formula is C34H69NO3. The number of hydrogen-bond donors (Lipinski definition) is 1. The predicted octanol–water partition coefficient (Wildman–Crippen LogP) is 10.0. The molecule has 228 valence electrons. The number of aliphatic hydroxyl groups is 1. The maximum Gasteiger partial charge on any atom is 0.306 e. The smallest absolute Gasteiger partial charge is 0.306 e. The van der Waals surface area contributed by atoms with Crippen molar-refractivity contribution in [2.75, 3.05) is 26.2 Å². The number of carbonyl (C=O) groups excluding carboxylic acids is 1. The second kappa shape index (κ2) is 30.9. The number of rotatable bonds is 31. The number of aliphatic hydroxyl groups excluding tert-OH is 1. The Morgan fingerprint density at radius 2 is 0.947 bits per heavy atom. The van der Waals surface area contributed by atoms with E-state index in [0.29, 0.717) is 13.0 Å². The Morgan fingerprint density at radius 3 is 1.45 bits per heavy atom. The zero-order valence-electron chi connectivity index (χ0n) is 26.3. The van der Waals surface area contributed by atoms with Crippen LogP contribution in [0, 0.1) is 0 Å². The molecule has 0 bridgehead atoms. The van der Waals surface area contributed by atoms with E-state index in [1.807, 2.05) is 0 Å². The summed E-state index contributed by atoms with van der Waals surface area (Å²) in [6.45, 7) is 10.6. The molecule has 0 saturated carbocycles. The van der Waals surface area contributed by atoms with E-state index in [9.17, 15) is 4.79 Å². The molecule has 0 aromatic rings. The van der Waals surface area contributed by atoms with Crippen LogP contribution in [0.15, 0.2) is 0 Å². The van der Waals surface area contributed by atoms with Crippen molar-refractivity contribution < 1.29 is 14.6 Å². The van der Waals surface area contributed by atoms with Gasteiger partial charge in [0.1, 0.15) is 6.10 Å². The van der Waals surface area contributed by atoms with E-state index >= 15 is 0 Å². The Kier molecular flexibility index (Phi) is 30.4. The van der Waals surface area contributed by atoms with Crippen molar-refractivity contribution in [1.29, 1.82) is 0 Å². The molecule has 0 aliphatic heterocycles. The molecule has 0 heterocycles. The van der Waals surface area contributed by atoms with E-state index in [1.165, 1.54) is 122 Å². The van der Waals surface area contributed by atoms with Crippen LogP contribution in [0.5, 0.6) is 0 Å². The van der Waals surface area contributed by atoms with Crippen molar-refractivity contribution in [2.24, 2.45) is 0 Å². The van der Waals surface area contributed by atoms with Crippen LogP contribution in [0.2, 0.25) is 0 Å². The molecule has 0 fully saturated rings. The van der Waals surface area contributed by atoms with Crippen molar-refractivity contribution >= 4 is 5.97 Å². The summed E-state index contributed by atoms with van der Waals surface area (Å²) in [5, 5.41) is 9.11. The summed E-state index contributed by atoms with van der Waals surface area (Å²) in [7, 11) is 0. The van der Waals surface area contributed by atoms with Gasteiger partial charge in [0, 0.05) is 13.0 Å². The first kappa shape index (κ1) is 37.4. The lowest BCUT2D eigenvalue weighted by Gasteiger charge is -2.22. The first-order valence-corrected chi connectivity index (χ1v) is 17.2. The van der Waals surface area contributed by atoms with Crippen LogP contribution < -0.4 is 0 Å². The monoisotopic (exact) mass is 540 g/mol. The van der Waals surface area contributed by atoms with Gasteiger partial charge < -0.3 is 14.7 Å². The van der Waals surface area contributed by atoms with Crippen LogP contribution in [0.1, 0.15) is 181 Å². The number of hydrogen-bond acceptors (Lipinski definition) is 4. The normalized spacial score (nSPS) is 11.6. The molecule has 0 rings (SSSR count). The molecule has 0 radical (unpaired) electrons. The number of esters is 1. The van der Waals surface area contributed by atoms with Crippen molar-refractivity contribution in [1.82, 2.24) is 4.90 Å². The maximum absolute atomic E-state index is 12.6. The van der Waals surface area contributed by atoms with Crippen LogP contribution in [0.25, 0.3) is 0 Å². The van der Waals surface area contributed by atoms with Gasteiger partial charge in [-0.25, -0.2) is 0 Å². The van der Waals surface area contributed by atoms with Gasteiger partial charge in [0.15, 0.2) is 0 Å². The Balaban J connectivity index is 4.18. The number of unbranched alkanes of at least 4 members (excludes halogenated alkanes) is 17. The fraction of sp³-hybridized carbons (Fsp3) is 0.971. The van der Waals surface area contributed by atoms with Crippen LogP contribution in [0.3, 0.4) is 0 Å². The van der Waals surface area contributed by atoms with E-state index < -0.39 is 0 Å². The topological polar surface area (TPSA) is 49.8 Å². The summed E-state index contributed by atoms with van der Waals surface area (Å²) in [6.07, 6.45) is 30.1. The lowest BCUT2D eigenvalue weighted by molar-refractivity contribution is -0.150. The molecule has 4 nitrogen and oxygen atoms in total. The van der Waals surface area contributed by atoms with Crippen LogP contribution >= 0.6 is 0 Å². The van der Waals surface area contributed by atoms with Crippen LogP contribution in [-0.4, -0.2) is 48.3 Å². The maximum atomic E-state index is 12.6. The van der Waals surface area contributed by atoms with Gasteiger partial charge in [0.25, 0.3) is 0 Å². The second-order valence-electron chi connectivity index (χ2n) is 11.7. The molecule has 0 spiro atoms. The average molecular weight is 540 g/mol. The van der Waals surface area contributed by atoms with Crippen molar-refractivity contribution in [3.8, 4) is 0 Å².